The lowest BCUT2D eigenvalue weighted by molar-refractivity contribution is 0.0600. The van der Waals surface area contributed by atoms with Gasteiger partial charge in [-0.1, -0.05) is 32.6 Å². The number of hydrogen-bond donors (Lipinski definition) is 1. The lowest BCUT2D eigenvalue weighted by atomic mass is 10.1. The fourth-order valence-electron chi connectivity index (χ4n) is 2.29. The van der Waals surface area contributed by atoms with E-state index in [1.54, 1.807) is 0 Å². The monoisotopic (exact) mass is 277 g/mol. The molecule has 0 aliphatic carbocycles. The summed E-state index contributed by atoms with van der Waals surface area (Å²) in [7, 11) is 1.40. The van der Waals surface area contributed by atoms with E-state index in [9.17, 15) is 4.79 Å². The molecule has 0 aliphatic rings. The van der Waals surface area contributed by atoms with Gasteiger partial charge in [0.25, 0.3) is 0 Å². The van der Waals surface area contributed by atoms with E-state index in [4.69, 9.17) is 4.74 Å². The maximum absolute atomic E-state index is 11.5. The Morgan fingerprint density at radius 3 is 2.65 bits per heavy atom. The molecule has 1 aromatic carbocycles. The van der Waals surface area contributed by atoms with Crippen molar-refractivity contribution < 1.29 is 9.53 Å². The molecule has 3 nitrogen and oxygen atoms in total. The number of aryl methyl sites for hydroxylation is 1. The third-order valence-corrected chi connectivity index (χ3v) is 3.54. The molecule has 1 N–H and O–H groups in total. The highest BCUT2D eigenvalue weighted by atomic mass is 16.5. The molecule has 0 saturated heterocycles. The lowest BCUT2D eigenvalue weighted by Crippen LogP contribution is -2.16. The van der Waals surface area contributed by atoms with Crippen molar-refractivity contribution in [2.24, 2.45) is 0 Å². The van der Waals surface area contributed by atoms with Gasteiger partial charge in [0.05, 0.1) is 12.7 Å². The molecule has 0 aliphatic heterocycles. The second-order valence-corrected chi connectivity index (χ2v) is 5.42. The van der Waals surface area contributed by atoms with Gasteiger partial charge in [0.1, 0.15) is 0 Å². The minimum atomic E-state index is -0.285. The fraction of sp³-hybridized carbons (Fsp3) is 0.588. The maximum Gasteiger partial charge on any atom is 0.337 e. The van der Waals surface area contributed by atoms with Gasteiger partial charge in [-0.15, -0.1) is 0 Å². The molecule has 1 rings (SSSR count). The highest BCUT2D eigenvalue weighted by molar-refractivity contribution is 5.90. The van der Waals surface area contributed by atoms with Crippen LogP contribution in [-0.4, -0.2) is 19.1 Å². The van der Waals surface area contributed by atoms with Gasteiger partial charge in [-0.25, -0.2) is 4.79 Å². The summed E-state index contributed by atoms with van der Waals surface area (Å²) in [4.78, 5) is 11.5. The van der Waals surface area contributed by atoms with Crippen molar-refractivity contribution in [2.75, 3.05) is 12.4 Å². The van der Waals surface area contributed by atoms with Crippen LogP contribution in [0.4, 0.5) is 5.69 Å². The van der Waals surface area contributed by atoms with Crippen LogP contribution in [0, 0.1) is 6.92 Å². The van der Waals surface area contributed by atoms with Crippen LogP contribution >= 0.6 is 0 Å². The van der Waals surface area contributed by atoms with Gasteiger partial charge >= 0.3 is 5.97 Å². The topological polar surface area (TPSA) is 38.3 Å². The number of nitrogens with one attached hydrogen (secondary N) is 1. The standard InChI is InChI=1S/C17H27NO2/c1-5-6-7-8-9-14(3)18-16-11-10-15(12-13(16)2)17(19)20-4/h10-12,14,18H,5-9H2,1-4H3. The molecule has 0 fully saturated rings. The van der Waals surface area contributed by atoms with Crippen LogP contribution in [0.2, 0.25) is 0 Å². The first-order chi connectivity index (χ1) is 9.58. The first-order valence-corrected chi connectivity index (χ1v) is 7.54. The quantitative estimate of drug-likeness (QED) is 0.559. The number of rotatable bonds is 8. The average Bonchev–Trinajstić information content (AvgIpc) is 2.45. The van der Waals surface area contributed by atoms with E-state index in [0.29, 0.717) is 11.6 Å². The Hall–Kier alpha value is -1.51. The number of methoxy groups -OCH3 is 1. The molecule has 0 bridgehead atoms. The fourth-order valence-corrected chi connectivity index (χ4v) is 2.29. The van der Waals surface area contributed by atoms with Gasteiger partial charge in [-0.3, -0.25) is 0 Å². The summed E-state index contributed by atoms with van der Waals surface area (Å²) in [6.07, 6.45) is 6.34. The number of ether oxygens (including phenoxy) is 1. The van der Waals surface area contributed by atoms with Gasteiger partial charge in [0.15, 0.2) is 0 Å². The van der Waals surface area contributed by atoms with E-state index < -0.39 is 0 Å². The van der Waals surface area contributed by atoms with E-state index >= 15 is 0 Å². The highest BCUT2D eigenvalue weighted by Crippen LogP contribution is 2.19. The van der Waals surface area contributed by atoms with Crippen molar-refractivity contribution in [3.8, 4) is 0 Å². The molecule has 0 heterocycles. The second-order valence-electron chi connectivity index (χ2n) is 5.42. The van der Waals surface area contributed by atoms with Crippen LogP contribution in [0.15, 0.2) is 18.2 Å². The van der Waals surface area contributed by atoms with Crippen LogP contribution < -0.4 is 5.32 Å². The summed E-state index contributed by atoms with van der Waals surface area (Å²) >= 11 is 0. The number of unbranched alkanes of at least 4 members (excludes halogenated alkanes) is 3. The summed E-state index contributed by atoms with van der Waals surface area (Å²) in [5, 5.41) is 3.52. The molecule has 0 radical (unpaired) electrons. The van der Waals surface area contributed by atoms with E-state index in [1.807, 2.05) is 25.1 Å². The van der Waals surface area contributed by atoms with Crippen LogP contribution in [0.3, 0.4) is 0 Å². The number of benzene rings is 1. The normalized spacial score (nSPS) is 12.0. The molecule has 3 heteroatoms. The minimum Gasteiger partial charge on any atom is -0.465 e. The van der Waals surface area contributed by atoms with E-state index in [-0.39, 0.29) is 5.97 Å². The zero-order chi connectivity index (χ0) is 15.0. The molecule has 1 unspecified atom stereocenters. The molecule has 0 spiro atoms. The number of esters is 1. The zero-order valence-corrected chi connectivity index (χ0v) is 13.2. The van der Waals surface area contributed by atoms with Crippen LogP contribution in [0.25, 0.3) is 0 Å². The second kappa shape index (κ2) is 8.62. The van der Waals surface area contributed by atoms with Crippen molar-refractivity contribution >= 4 is 11.7 Å². The van der Waals surface area contributed by atoms with Crippen molar-refractivity contribution in [3.05, 3.63) is 29.3 Å². The molecular weight excluding hydrogens is 250 g/mol. The maximum atomic E-state index is 11.5. The predicted octanol–water partition coefficient (Wildman–Crippen LogP) is 4.55. The van der Waals surface area contributed by atoms with Crippen molar-refractivity contribution in [2.45, 2.75) is 58.9 Å². The Balaban J connectivity index is 2.53. The van der Waals surface area contributed by atoms with E-state index in [2.05, 4.69) is 19.2 Å². The molecule has 0 aromatic heterocycles. The largest absolute Gasteiger partial charge is 0.465 e. The molecule has 0 saturated carbocycles. The number of carbonyl (C=O) groups excluding carboxylic acids is 1. The smallest absolute Gasteiger partial charge is 0.337 e. The SMILES string of the molecule is CCCCCCC(C)Nc1ccc(C(=O)OC)cc1C. The molecular formula is C17H27NO2. The number of anilines is 1. The molecule has 0 amide bonds. The van der Waals surface area contributed by atoms with Gasteiger partial charge < -0.3 is 10.1 Å². The highest BCUT2D eigenvalue weighted by Gasteiger charge is 2.09. The Morgan fingerprint density at radius 1 is 1.30 bits per heavy atom. The van der Waals surface area contributed by atoms with Crippen molar-refractivity contribution in [1.29, 1.82) is 0 Å². The summed E-state index contributed by atoms with van der Waals surface area (Å²) in [5.41, 5.74) is 2.78. The summed E-state index contributed by atoms with van der Waals surface area (Å²) < 4.78 is 4.73. The third kappa shape index (κ3) is 5.24. The van der Waals surface area contributed by atoms with Crippen molar-refractivity contribution in [3.63, 3.8) is 0 Å². The summed E-state index contributed by atoms with van der Waals surface area (Å²) in [6, 6.07) is 6.10. The van der Waals surface area contributed by atoms with Crippen molar-refractivity contribution in [1.82, 2.24) is 0 Å². The zero-order valence-electron chi connectivity index (χ0n) is 13.2. The van der Waals surface area contributed by atoms with Gasteiger partial charge in [0.2, 0.25) is 0 Å². The van der Waals surface area contributed by atoms with E-state index in [1.165, 1.54) is 39.2 Å². The Kier molecular flexibility index (Phi) is 7.13. The summed E-state index contributed by atoms with van der Waals surface area (Å²) in [6.45, 7) is 6.45. The first-order valence-electron chi connectivity index (χ1n) is 7.54. The Morgan fingerprint density at radius 2 is 2.05 bits per heavy atom. The molecule has 112 valence electrons. The lowest BCUT2D eigenvalue weighted by Gasteiger charge is -2.17. The number of hydrogen-bond acceptors (Lipinski definition) is 3. The average molecular weight is 277 g/mol. The molecule has 1 aromatic rings. The summed E-state index contributed by atoms with van der Waals surface area (Å²) in [5.74, 6) is -0.285. The molecule has 1 atom stereocenters. The minimum absolute atomic E-state index is 0.285. The van der Waals surface area contributed by atoms with E-state index in [0.717, 1.165) is 11.3 Å². The Bertz CT molecular complexity index is 429. The van der Waals surface area contributed by atoms with Crippen LogP contribution in [0.5, 0.6) is 0 Å². The number of carbonyl (C=O) groups is 1. The predicted molar refractivity (Wildman–Crippen MR) is 84.4 cm³/mol. The Labute approximate surface area is 122 Å². The van der Waals surface area contributed by atoms with Crippen LogP contribution in [0.1, 0.15) is 61.9 Å². The first kappa shape index (κ1) is 16.5. The van der Waals surface area contributed by atoms with Crippen LogP contribution in [-0.2, 0) is 4.74 Å². The van der Waals surface area contributed by atoms with Gasteiger partial charge in [0, 0.05) is 11.7 Å². The van der Waals surface area contributed by atoms with Gasteiger partial charge in [-0.2, -0.15) is 0 Å². The molecule has 20 heavy (non-hydrogen) atoms. The third-order valence-electron chi connectivity index (χ3n) is 3.54. The van der Waals surface area contributed by atoms with Gasteiger partial charge in [-0.05, 0) is 44.0 Å².